The summed E-state index contributed by atoms with van der Waals surface area (Å²) in [7, 11) is 0. The fourth-order valence-electron chi connectivity index (χ4n) is 3.39. The minimum atomic E-state index is -0.761. The van der Waals surface area contributed by atoms with E-state index in [9.17, 15) is 14.4 Å². The number of benzene rings is 1. The van der Waals surface area contributed by atoms with E-state index in [1.54, 1.807) is 16.7 Å². The standard InChI is InChI=1S/C16H19N3O4/c1-9(20)17-12-3-2-4-13-14(12)18-16(23)19(13)11-7-5-10(6-8-11)15(21)22/h2-4,10-11H,5-8H2,1H3,(H,17,20)(H,18,23)(H,21,22). The van der Waals surface area contributed by atoms with Gasteiger partial charge in [0.05, 0.1) is 22.6 Å². The first-order chi connectivity index (χ1) is 11.0. The molecule has 0 saturated heterocycles. The van der Waals surface area contributed by atoms with Gasteiger partial charge in [0.2, 0.25) is 5.91 Å². The molecule has 3 N–H and O–H groups in total. The summed E-state index contributed by atoms with van der Waals surface area (Å²) in [5.41, 5.74) is 1.69. The van der Waals surface area contributed by atoms with Gasteiger partial charge < -0.3 is 15.4 Å². The molecule has 0 unspecified atom stereocenters. The molecular formula is C16H19N3O4. The number of hydrogen-bond acceptors (Lipinski definition) is 3. The van der Waals surface area contributed by atoms with Crippen LogP contribution in [0.2, 0.25) is 0 Å². The highest BCUT2D eigenvalue weighted by atomic mass is 16.4. The first-order valence-corrected chi connectivity index (χ1v) is 7.71. The second-order valence-electron chi connectivity index (χ2n) is 6.02. The lowest BCUT2D eigenvalue weighted by molar-refractivity contribution is -0.143. The maximum absolute atomic E-state index is 12.4. The Balaban J connectivity index is 1.96. The molecule has 0 atom stereocenters. The predicted molar refractivity (Wildman–Crippen MR) is 85.5 cm³/mol. The summed E-state index contributed by atoms with van der Waals surface area (Å²) in [4.78, 5) is 37.5. The Kier molecular flexibility index (Phi) is 3.94. The van der Waals surface area contributed by atoms with E-state index in [0.29, 0.717) is 36.9 Å². The molecule has 1 aromatic heterocycles. The number of carboxylic acids is 1. The number of H-pyrrole nitrogens is 1. The third-order valence-electron chi connectivity index (χ3n) is 4.47. The van der Waals surface area contributed by atoms with Gasteiger partial charge in [-0.05, 0) is 37.8 Å². The highest BCUT2D eigenvalue weighted by Crippen LogP contribution is 2.34. The number of nitrogens with one attached hydrogen (secondary N) is 2. The van der Waals surface area contributed by atoms with Crippen molar-refractivity contribution in [3.63, 3.8) is 0 Å². The monoisotopic (exact) mass is 317 g/mol. The van der Waals surface area contributed by atoms with Crippen molar-refractivity contribution in [1.29, 1.82) is 0 Å². The average molecular weight is 317 g/mol. The van der Waals surface area contributed by atoms with E-state index < -0.39 is 5.97 Å². The number of para-hydroxylation sites is 1. The Hall–Kier alpha value is -2.57. The van der Waals surface area contributed by atoms with Gasteiger partial charge in [0.1, 0.15) is 0 Å². The van der Waals surface area contributed by atoms with E-state index in [1.165, 1.54) is 6.92 Å². The molecule has 1 amide bonds. The number of amides is 1. The predicted octanol–water partition coefficient (Wildman–Crippen LogP) is 2.10. The number of aliphatic carboxylic acids is 1. The number of aromatic amines is 1. The topological polar surface area (TPSA) is 104 Å². The van der Waals surface area contributed by atoms with Crippen molar-refractivity contribution >= 4 is 28.6 Å². The van der Waals surface area contributed by atoms with Crippen LogP contribution in [-0.2, 0) is 9.59 Å². The Labute approximate surface area is 132 Å². The molecule has 1 aliphatic carbocycles. The van der Waals surface area contributed by atoms with Crippen LogP contribution in [0.1, 0.15) is 38.6 Å². The van der Waals surface area contributed by atoms with Gasteiger partial charge in [0.15, 0.2) is 0 Å². The van der Waals surface area contributed by atoms with Gasteiger partial charge in [-0.3, -0.25) is 14.2 Å². The Morgan fingerprint density at radius 1 is 1.26 bits per heavy atom. The quantitative estimate of drug-likeness (QED) is 0.806. The summed E-state index contributed by atoms with van der Waals surface area (Å²) in [6.45, 7) is 1.42. The first kappa shape index (κ1) is 15.3. The van der Waals surface area contributed by atoms with Crippen LogP contribution >= 0.6 is 0 Å². The van der Waals surface area contributed by atoms with Crippen molar-refractivity contribution in [3.8, 4) is 0 Å². The van der Waals surface area contributed by atoms with Gasteiger partial charge in [-0.2, -0.15) is 0 Å². The number of rotatable bonds is 3. The van der Waals surface area contributed by atoms with Crippen LogP contribution in [0, 0.1) is 5.92 Å². The van der Waals surface area contributed by atoms with Crippen LogP contribution in [0.25, 0.3) is 11.0 Å². The molecule has 122 valence electrons. The number of imidazole rings is 1. The molecule has 1 fully saturated rings. The number of carbonyl (C=O) groups excluding carboxylic acids is 1. The number of nitrogens with zero attached hydrogens (tertiary/aromatic N) is 1. The Morgan fingerprint density at radius 2 is 1.96 bits per heavy atom. The van der Waals surface area contributed by atoms with Gasteiger partial charge in [0.25, 0.3) is 0 Å². The summed E-state index contributed by atoms with van der Waals surface area (Å²) in [5.74, 6) is -1.28. The second kappa shape index (κ2) is 5.91. The fourth-order valence-corrected chi connectivity index (χ4v) is 3.39. The van der Waals surface area contributed by atoms with E-state index >= 15 is 0 Å². The first-order valence-electron chi connectivity index (χ1n) is 7.71. The van der Waals surface area contributed by atoms with E-state index in [2.05, 4.69) is 10.3 Å². The fraction of sp³-hybridized carbons (Fsp3) is 0.438. The maximum Gasteiger partial charge on any atom is 0.326 e. The minimum Gasteiger partial charge on any atom is -0.481 e. The number of anilines is 1. The number of fused-ring (bicyclic) bond motifs is 1. The molecule has 1 aliphatic rings. The zero-order valence-corrected chi connectivity index (χ0v) is 12.8. The van der Waals surface area contributed by atoms with Gasteiger partial charge in [0, 0.05) is 13.0 Å². The zero-order valence-electron chi connectivity index (χ0n) is 12.8. The highest BCUT2D eigenvalue weighted by Gasteiger charge is 2.28. The third-order valence-corrected chi connectivity index (χ3v) is 4.47. The lowest BCUT2D eigenvalue weighted by Gasteiger charge is -2.27. The van der Waals surface area contributed by atoms with Gasteiger partial charge >= 0.3 is 11.7 Å². The molecule has 0 aliphatic heterocycles. The number of hydrogen-bond donors (Lipinski definition) is 3. The summed E-state index contributed by atoms with van der Waals surface area (Å²) >= 11 is 0. The molecule has 3 rings (SSSR count). The van der Waals surface area contributed by atoms with E-state index in [4.69, 9.17) is 5.11 Å². The second-order valence-corrected chi connectivity index (χ2v) is 6.02. The molecule has 23 heavy (non-hydrogen) atoms. The van der Waals surface area contributed by atoms with Crippen LogP contribution in [0.15, 0.2) is 23.0 Å². The summed E-state index contributed by atoms with van der Waals surface area (Å²) in [6, 6.07) is 5.35. The van der Waals surface area contributed by atoms with Crippen molar-refractivity contribution in [2.75, 3.05) is 5.32 Å². The lowest BCUT2D eigenvalue weighted by atomic mass is 9.86. The highest BCUT2D eigenvalue weighted by molar-refractivity contribution is 5.98. The zero-order chi connectivity index (χ0) is 16.6. The SMILES string of the molecule is CC(=O)Nc1cccc2c1[nH]c(=O)n2C1CCC(C(=O)O)CC1. The van der Waals surface area contributed by atoms with E-state index in [0.717, 1.165) is 5.52 Å². The summed E-state index contributed by atoms with van der Waals surface area (Å²) in [6.07, 6.45) is 2.47. The molecule has 1 saturated carbocycles. The van der Waals surface area contributed by atoms with Crippen LogP contribution in [-0.4, -0.2) is 26.5 Å². The largest absolute Gasteiger partial charge is 0.481 e. The molecule has 2 aromatic rings. The Bertz CT molecular complexity index is 812. The van der Waals surface area contributed by atoms with Gasteiger partial charge in [-0.1, -0.05) is 6.07 Å². The summed E-state index contributed by atoms with van der Waals surface area (Å²) in [5, 5.41) is 11.8. The summed E-state index contributed by atoms with van der Waals surface area (Å²) < 4.78 is 1.69. The number of carbonyl (C=O) groups is 2. The average Bonchev–Trinajstić information content (AvgIpc) is 2.84. The van der Waals surface area contributed by atoms with Crippen molar-refractivity contribution in [2.45, 2.75) is 38.6 Å². The lowest BCUT2D eigenvalue weighted by Crippen LogP contribution is -2.28. The van der Waals surface area contributed by atoms with Crippen molar-refractivity contribution in [3.05, 3.63) is 28.7 Å². The molecule has 7 heteroatoms. The molecule has 0 bridgehead atoms. The molecule has 1 heterocycles. The molecular weight excluding hydrogens is 298 g/mol. The smallest absolute Gasteiger partial charge is 0.326 e. The normalized spacial score (nSPS) is 21.3. The van der Waals surface area contributed by atoms with E-state index in [-0.39, 0.29) is 23.6 Å². The van der Waals surface area contributed by atoms with E-state index in [1.807, 2.05) is 6.07 Å². The molecule has 0 radical (unpaired) electrons. The number of aromatic nitrogens is 2. The molecule has 1 aromatic carbocycles. The maximum atomic E-state index is 12.4. The molecule has 7 nitrogen and oxygen atoms in total. The van der Waals surface area contributed by atoms with Crippen molar-refractivity contribution in [1.82, 2.24) is 9.55 Å². The van der Waals surface area contributed by atoms with Gasteiger partial charge in [-0.25, -0.2) is 4.79 Å². The number of carboxylic acid groups (broad SMARTS) is 1. The van der Waals surface area contributed by atoms with Gasteiger partial charge in [-0.15, -0.1) is 0 Å². The van der Waals surface area contributed by atoms with Crippen LogP contribution < -0.4 is 11.0 Å². The third kappa shape index (κ3) is 2.86. The Morgan fingerprint density at radius 3 is 2.57 bits per heavy atom. The molecule has 0 spiro atoms. The van der Waals surface area contributed by atoms with Crippen LogP contribution in [0.3, 0.4) is 0 Å². The van der Waals surface area contributed by atoms with Crippen molar-refractivity contribution in [2.24, 2.45) is 5.92 Å². The minimum absolute atomic E-state index is 0.0144. The van der Waals surface area contributed by atoms with Crippen LogP contribution in [0.5, 0.6) is 0 Å². The van der Waals surface area contributed by atoms with Crippen LogP contribution in [0.4, 0.5) is 5.69 Å². The van der Waals surface area contributed by atoms with Crippen molar-refractivity contribution < 1.29 is 14.7 Å².